The second-order valence-corrected chi connectivity index (χ2v) is 6.60. The van der Waals surface area contributed by atoms with Crippen LogP contribution in [0.25, 0.3) is 0 Å². The summed E-state index contributed by atoms with van der Waals surface area (Å²) in [7, 11) is 0. The van der Waals surface area contributed by atoms with E-state index in [1.54, 1.807) is 11.0 Å². The topological polar surface area (TPSA) is 49.4 Å². The summed E-state index contributed by atoms with van der Waals surface area (Å²) in [6.45, 7) is 2.85. The summed E-state index contributed by atoms with van der Waals surface area (Å²) in [6, 6.07) is 15.3. The van der Waals surface area contributed by atoms with Gasteiger partial charge < -0.3 is 10.2 Å². The Kier molecular flexibility index (Phi) is 5.39. The third kappa shape index (κ3) is 3.85. The molecule has 1 N–H and O–H groups in total. The highest BCUT2D eigenvalue weighted by Gasteiger charge is 2.35. The molecule has 0 spiro atoms. The summed E-state index contributed by atoms with van der Waals surface area (Å²) in [5, 5.41) is 3.53. The predicted molar refractivity (Wildman–Crippen MR) is 99.6 cm³/mol. The monoisotopic (exact) mass is 356 g/mol. The van der Waals surface area contributed by atoms with Gasteiger partial charge in [0.25, 0.3) is 0 Å². The van der Waals surface area contributed by atoms with Crippen molar-refractivity contribution in [2.24, 2.45) is 5.92 Å². The lowest BCUT2D eigenvalue weighted by atomic mass is 10.1. The van der Waals surface area contributed by atoms with Gasteiger partial charge in [-0.3, -0.25) is 9.59 Å². The smallest absolute Gasteiger partial charge is 0.227 e. The van der Waals surface area contributed by atoms with E-state index in [1.165, 1.54) is 0 Å². The van der Waals surface area contributed by atoms with Gasteiger partial charge in [0.2, 0.25) is 11.8 Å². The molecule has 2 aromatic rings. The molecule has 1 fully saturated rings. The zero-order valence-corrected chi connectivity index (χ0v) is 14.9. The number of nitrogens with zero attached hydrogens (tertiary/aromatic N) is 1. The summed E-state index contributed by atoms with van der Waals surface area (Å²) in [5.74, 6) is -0.441. The Morgan fingerprint density at radius 1 is 1.16 bits per heavy atom. The molecule has 0 radical (unpaired) electrons. The Hall–Kier alpha value is -2.33. The van der Waals surface area contributed by atoms with Crippen molar-refractivity contribution >= 4 is 29.1 Å². The molecule has 1 atom stereocenters. The number of benzene rings is 2. The van der Waals surface area contributed by atoms with Crippen molar-refractivity contribution in [3.05, 3.63) is 64.7 Å². The fourth-order valence-corrected chi connectivity index (χ4v) is 3.36. The highest BCUT2D eigenvalue weighted by molar-refractivity contribution is 6.31. The van der Waals surface area contributed by atoms with Crippen molar-refractivity contribution in [1.82, 2.24) is 5.32 Å². The van der Waals surface area contributed by atoms with Gasteiger partial charge in [0.1, 0.15) is 0 Å². The SMILES string of the molecule is CCc1ccccc1N1CC(C(=O)NCc2ccccc2Cl)CC1=O. The third-order valence-electron chi connectivity index (χ3n) is 4.57. The van der Waals surface area contributed by atoms with Crippen LogP contribution in [0.5, 0.6) is 0 Å². The second kappa shape index (κ2) is 7.70. The van der Waals surface area contributed by atoms with E-state index in [-0.39, 0.29) is 24.2 Å². The molecule has 130 valence electrons. The maximum atomic E-state index is 12.5. The molecule has 4 nitrogen and oxygen atoms in total. The lowest BCUT2D eigenvalue weighted by Crippen LogP contribution is -2.32. The van der Waals surface area contributed by atoms with Crippen molar-refractivity contribution in [2.45, 2.75) is 26.3 Å². The van der Waals surface area contributed by atoms with E-state index in [0.29, 0.717) is 18.1 Å². The van der Waals surface area contributed by atoms with Crippen LogP contribution < -0.4 is 10.2 Å². The van der Waals surface area contributed by atoms with Gasteiger partial charge in [0, 0.05) is 30.2 Å². The standard InChI is InChI=1S/C20H21ClN2O2/c1-2-14-7-4-6-10-18(14)23-13-16(11-19(23)24)20(25)22-12-15-8-3-5-9-17(15)21/h3-10,16H,2,11-13H2,1H3,(H,22,25). The molecule has 1 unspecified atom stereocenters. The summed E-state index contributed by atoms with van der Waals surface area (Å²) in [6.07, 6.45) is 1.09. The first-order valence-corrected chi connectivity index (χ1v) is 8.87. The molecule has 1 aliphatic heterocycles. The van der Waals surface area contributed by atoms with E-state index in [2.05, 4.69) is 12.2 Å². The van der Waals surface area contributed by atoms with E-state index < -0.39 is 0 Å². The van der Waals surface area contributed by atoms with Gasteiger partial charge in [0.05, 0.1) is 5.92 Å². The first-order chi connectivity index (χ1) is 12.1. The van der Waals surface area contributed by atoms with Gasteiger partial charge in [-0.1, -0.05) is 54.9 Å². The molecule has 1 saturated heterocycles. The fraction of sp³-hybridized carbons (Fsp3) is 0.300. The predicted octanol–water partition coefficient (Wildman–Crippen LogP) is 3.57. The Morgan fingerprint density at radius 3 is 2.56 bits per heavy atom. The van der Waals surface area contributed by atoms with Crippen molar-refractivity contribution in [3.63, 3.8) is 0 Å². The van der Waals surface area contributed by atoms with E-state index >= 15 is 0 Å². The molecule has 3 rings (SSSR count). The molecule has 0 aromatic heterocycles. The largest absolute Gasteiger partial charge is 0.352 e. The fourth-order valence-electron chi connectivity index (χ4n) is 3.16. The van der Waals surface area contributed by atoms with Gasteiger partial charge in [0.15, 0.2) is 0 Å². The quantitative estimate of drug-likeness (QED) is 0.890. The van der Waals surface area contributed by atoms with Crippen LogP contribution in [0, 0.1) is 5.92 Å². The minimum absolute atomic E-state index is 0.00112. The van der Waals surface area contributed by atoms with Crippen LogP contribution in [-0.2, 0) is 22.6 Å². The van der Waals surface area contributed by atoms with Gasteiger partial charge in [-0.15, -0.1) is 0 Å². The molecule has 2 aromatic carbocycles. The number of nitrogens with one attached hydrogen (secondary N) is 1. The maximum absolute atomic E-state index is 12.5. The summed E-state index contributed by atoms with van der Waals surface area (Å²) in [5.41, 5.74) is 2.90. The normalized spacial score (nSPS) is 17.0. The molecule has 1 heterocycles. The first-order valence-electron chi connectivity index (χ1n) is 8.49. The van der Waals surface area contributed by atoms with Crippen molar-refractivity contribution in [2.75, 3.05) is 11.4 Å². The van der Waals surface area contributed by atoms with Crippen LogP contribution in [-0.4, -0.2) is 18.4 Å². The van der Waals surface area contributed by atoms with E-state index in [4.69, 9.17) is 11.6 Å². The number of rotatable bonds is 5. The van der Waals surface area contributed by atoms with Crippen molar-refractivity contribution in [1.29, 1.82) is 0 Å². The second-order valence-electron chi connectivity index (χ2n) is 6.20. The van der Waals surface area contributed by atoms with Crippen LogP contribution in [0.2, 0.25) is 5.02 Å². The maximum Gasteiger partial charge on any atom is 0.227 e. The Balaban J connectivity index is 1.66. The number of carbonyl (C=O) groups is 2. The number of hydrogen-bond acceptors (Lipinski definition) is 2. The van der Waals surface area contributed by atoms with Crippen molar-refractivity contribution in [3.8, 4) is 0 Å². The molecule has 0 saturated carbocycles. The lowest BCUT2D eigenvalue weighted by Gasteiger charge is -2.20. The average molecular weight is 357 g/mol. The molecule has 5 heteroatoms. The molecule has 1 aliphatic rings. The van der Waals surface area contributed by atoms with Gasteiger partial charge in [-0.2, -0.15) is 0 Å². The van der Waals surface area contributed by atoms with Crippen LogP contribution in [0.4, 0.5) is 5.69 Å². The molecule has 0 aliphatic carbocycles. The van der Waals surface area contributed by atoms with Gasteiger partial charge >= 0.3 is 0 Å². The Morgan fingerprint density at radius 2 is 1.84 bits per heavy atom. The molecular formula is C20H21ClN2O2. The molecule has 0 bridgehead atoms. The number of carbonyl (C=O) groups excluding carboxylic acids is 2. The van der Waals surface area contributed by atoms with E-state index in [0.717, 1.165) is 23.2 Å². The van der Waals surface area contributed by atoms with Crippen LogP contribution in [0.3, 0.4) is 0 Å². The minimum Gasteiger partial charge on any atom is -0.352 e. The van der Waals surface area contributed by atoms with Crippen LogP contribution in [0.15, 0.2) is 48.5 Å². The first kappa shape index (κ1) is 17.5. The molecular weight excluding hydrogens is 336 g/mol. The van der Waals surface area contributed by atoms with Gasteiger partial charge in [-0.25, -0.2) is 0 Å². The number of anilines is 1. The van der Waals surface area contributed by atoms with Gasteiger partial charge in [-0.05, 0) is 29.7 Å². The number of halogens is 1. The highest BCUT2D eigenvalue weighted by Crippen LogP contribution is 2.28. The summed E-state index contributed by atoms with van der Waals surface area (Å²) < 4.78 is 0. The number of aryl methyl sites for hydroxylation is 1. The number of para-hydroxylation sites is 1. The number of hydrogen-bond donors (Lipinski definition) is 1. The summed E-state index contributed by atoms with van der Waals surface area (Å²) >= 11 is 6.11. The average Bonchev–Trinajstić information content (AvgIpc) is 3.02. The van der Waals surface area contributed by atoms with Crippen LogP contribution >= 0.6 is 11.6 Å². The highest BCUT2D eigenvalue weighted by atomic mass is 35.5. The number of amides is 2. The molecule has 2 amide bonds. The summed E-state index contributed by atoms with van der Waals surface area (Å²) in [4.78, 5) is 26.6. The van der Waals surface area contributed by atoms with Crippen molar-refractivity contribution < 1.29 is 9.59 Å². The zero-order chi connectivity index (χ0) is 17.8. The zero-order valence-electron chi connectivity index (χ0n) is 14.2. The Bertz CT molecular complexity index is 791. The van der Waals surface area contributed by atoms with Crippen LogP contribution in [0.1, 0.15) is 24.5 Å². The lowest BCUT2D eigenvalue weighted by molar-refractivity contribution is -0.126. The minimum atomic E-state index is -0.333. The Labute approximate surface area is 152 Å². The van der Waals surface area contributed by atoms with E-state index in [1.807, 2.05) is 42.5 Å². The molecule has 25 heavy (non-hydrogen) atoms. The van der Waals surface area contributed by atoms with E-state index in [9.17, 15) is 9.59 Å². The third-order valence-corrected chi connectivity index (χ3v) is 4.94.